The summed E-state index contributed by atoms with van der Waals surface area (Å²) in [5, 5.41) is 19.8. The Morgan fingerprint density at radius 3 is 2.59 bits per heavy atom. The number of fused-ring (bicyclic) bond motifs is 1. The number of para-hydroxylation sites is 1. The Morgan fingerprint density at radius 2 is 1.86 bits per heavy atom. The lowest BCUT2D eigenvalue weighted by atomic mass is 10.0. The molecule has 0 N–H and O–H groups in total. The number of aromatic nitrogens is 2. The van der Waals surface area contributed by atoms with Gasteiger partial charge >= 0.3 is 0 Å². The molecule has 8 heteroatoms. The number of anilines is 1. The van der Waals surface area contributed by atoms with Gasteiger partial charge in [0.25, 0.3) is 5.69 Å². The van der Waals surface area contributed by atoms with Crippen LogP contribution in [0.1, 0.15) is 12.0 Å². The van der Waals surface area contributed by atoms with Crippen LogP contribution in [0.15, 0.2) is 65.7 Å². The van der Waals surface area contributed by atoms with Crippen LogP contribution in [0.5, 0.6) is 0 Å². The second-order valence-electron chi connectivity index (χ2n) is 6.63. The zero-order valence-corrected chi connectivity index (χ0v) is 16.3. The highest BCUT2D eigenvalue weighted by atomic mass is 32.2. The van der Waals surface area contributed by atoms with E-state index in [9.17, 15) is 14.9 Å². The number of rotatable bonds is 5. The van der Waals surface area contributed by atoms with Crippen LogP contribution in [-0.2, 0) is 11.2 Å². The number of amides is 1. The maximum absolute atomic E-state index is 12.7. The Hall–Kier alpha value is -3.26. The molecule has 0 unspecified atom stereocenters. The molecule has 1 aliphatic heterocycles. The molecule has 0 saturated carbocycles. The number of non-ortho nitro benzene ring substituents is 1. The number of nitro benzene ring substituents is 1. The van der Waals surface area contributed by atoms with Crippen molar-refractivity contribution < 1.29 is 9.72 Å². The number of aryl methyl sites for hydroxylation is 1. The molecular formula is C21H18N4O3S. The van der Waals surface area contributed by atoms with Crippen molar-refractivity contribution in [3.63, 3.8) is 0 Å². The Balaban J connectivity index is 1.39. The summed E-state index contributed by atoms with van der Waals surface area (Å²) in [5.41, 5.74) is 3.63. The van der Waals surface area contributed by atoms with Crippen LogP contribution in [0, 0.1) is 10.1 Å². The fourth-order valence-electron chi connectivity index (χ4n) is 3.31. The molecule has 1 aromatic heterocycles. The zero-order valence-electron chi connectivity index (χ0n) is 15.5. The fourth-order valence-corrected chi connectivity index (χ4v) is 4.00. The van der Waals surface area contributed by atoms with Gasteiger partial charge in [-0.3, -0.25) is 14.9 Å². The van der Waals surface area contributed by atoms with Crippen molar-refractivity contribution in [2.24, 2.45) is 0 Å². The summed E-state index contributed by atoms with van der Waals surface area (Å²) < 4.78 is 0. The SMILES string of the molecule is O=C(CSc1ccc(-c2ccc([N+](=O)[O-])cc2)nn1)N1CCCc2ccccc21. The van der Waals surface area contributed by atoms with Crippen molar-refractivity contribution >= 4 is 29.0 Å². The van der Waals surface area contributed by atoms with Gasteiger partial charge in [-0.1, -0.05) is 30.0 Å². The first-order chi connectivity index (χ1) is 14.1. The van der Waals surface area contributed by atoms with Crippen LogP contribution < -0.4 is 4.90 Å². The second-order valence-corrected chi connectivity index (χ2v) is 7.62. The highest BCUT2D eigenvalue weighted by molar-refractivity contribution is 7.99. The summed E-state index contributed by atoms with van der Waals surface area (Å²) >= 11 is 1.35. The van der Waals surface area contributed by atoms with Gasteiger partial charge in [0.1, 0.15) is 5.03 Å². The van der Waals surface area contributed by atoms with Crippen LogP contribution in [0.2, 0.25) is 0 Å². The summed E-state index contributed by atoms with van der Waals surface area (Å²) in [6.45, 7) is 0.737. The van der Waals surface area contributed by atoms with Crippen LogP contribution in [0.25, 0.3) is 11.3 Å². The number of hydrogen-bond donors (Lipinski definition) is 0. The Morgan fingerprint density at radius 1 is 1.07 bits per heavy atom. The smallest absolute Gasteiger partial charge is 0.269 e. The van der Waals surface area contributed by atoms with E-state index in [1.807, 2.05) is 29.2 Å². The normalized spacial score (nSPS) is 13.0. The van der Waals surface area contributed by atoms with Crippen molar-refractivity contribution in [1.29, 1.82) is 0 Å². The van der Waals surface area contributed by atoms with Gasteiger partial charge in [0.2, 0.25) is 5.91 Å². The molecule has 7 nitrogen and oxygen atoms in total. The Labute approximate surface area is 171 Å². The zero-order chi connectivity index (χ0) is 20.2. The van der Waals surface area contributed by atoms with E-state index in [0.29, 0.717) is 16.5 Å². The van der Waals surface area contributed by atoms with Gasteiger partial charge in [-0.15, -0.1) is 10.2 Å². The summed E-state index contributed by atoms with van der Waals surface area (Å²) in [6.07, 6.45) is 1.97. The topological polar surface area (TPSA) is 89.2 Å². The monoisotopic (exact) mass is 406 g/mol. The predicted molar refractivity (Wildman–Crippen MR) is 112 cm³/mol. The number of benzene rings is 2. The largest absolute Gasteiger partial charge is 0.311 e. The number of nitrogens with zero attached hydrogens (tertiary/aromatic N) is 4. The lowest BCUT2D eigenvalue weighted by molar-refractivity contribution is -0.384. The molecule has 2 heterocycles. The standard InChI is InChI=1S/C21H18N4O3S/c26-21(24-13-3-5-16-4-1-2-6-19(16)24)14-29-20-12-11-18(22-23-20)15-7-9-17(10-8-15)25(27)28/h1-2,4,6-12H,3,5,13-14H2. The number of carbonyl (C=O) groups is 1. The number of hydrogen-bond acceptors (Lipinski definition) is 6. The van der Waals surface area contributed by atoms with Gasteiger partial charge < -0.3 is 4.90 Å². The number of thioether (sulfide) groups is 1. The molecule has 0 aliphatic carbocycles. The van der Waals surface area contributed by atoms with E-state index < -0.39 is 4.92 Å². The van der Waals surface area contributed by atoms with Crippen molar-refractivity contribution in [3.8, 4) is 11.3 Å². The summed E-state index contributed by atoms with van der Waals surface area (Å²) in [5.74, 6) is 0.350. The molecule has 0 saturated heterocycles. The van der Waals surface area contributed by atoms with Crippen molar-refractivity contribution in [2.75, 3.05) is 17.2 Å². The fraction of sp³-hybridized carbons (Fsp3) is 0.190. The summed E-state index contributed by atoms with van der Waals surface area (Å²) in [6, 6.07) is 17.8. The van der Waals surface area contributed by atoms with Crippen LogP contribution in [0.4, 0.5) is 11.4 Å². The maximum Gasteiger partial charge on any atom is 0.269 e. The quantitative estimate of drug-likeness (QED) is 0.360. The molecule has 0 atom stereocenters. The first-order valence-corrected chi connectivity index (χ1v) is 10.2. The van der Waals surface area contributed by atoms with E-state index >= 15 is 0 Å². The molecule has 0 fully saturated rings. The van der Waals surface area contributed by atoms with Crippen molar-refractivity contribution in [1.82, 2.24) is 10.2 Å². The van der Waals surface area contributed by atoms with Gasteiger partial charge in [0, 0.05) is 29.9 Å². The molecule has 1 aliphatic rings. The molecule has 2 aromatic carbocycles. The minimum Gasteiger partial charge on any atom is -0.311 e. The summed E-state index contributed by atoms with van der Waals surface area (Å²) in [4.78, 5) is 24.9. The second kappa shape index (κ2) is 8.40. The molecule has 0 spiro atoms. The Bertz CT molecular complexity index is 1040. The van der Waals surface area contributed by atoms with E-state index in [2.05, 4.69) is 16.3 Å². The third-order valence-electron chi connectivity index (χ3n) is 4.77. The van der Waals surface area contributed by atoms with Crippen LogP contribution >= 0.6 is 11.8 Å². The van der Waals surface area contributed by atoms with Gasteiger partial charge in [-0.2, -0.15) is 0 Å². The van der Waals surface area contributed by atoms with Gasteiger partial charge in [0.05, 0.1) is 16.4 Å². The average molecular weight is 406 g/mol. The third kappa shape index (κ3) is 4.27. The maximum atomic E-state index is 12.7. The highest BCUT2D eigenvalue weighted by Crippen LogP contribution is 2.28. The van der Waals surface area contributed by atoms with Gasteiger partial charge in [0.15, 0.2) is 0 Å². The molecule has 3 aromatic rings. The van der Waals surface area contributed by atoms with Crippen LogP contribution in [0.3, 0.4) is 0 Å². The Kier molecular flexibility index (Phi) is 5.53. The predicted octanol–water partition coefficient (Wildman–Crippen LogP) is 4.12. The van der Waals surface area contributed by atoms with Crippen molar-refractivity contribution in [3.05, 3.63) is 76.3 Å². The molecule has 146 valence electrons. The molecular weight excluding hydrogens is 388 g/mol. The minimum atomic E-state index is -0.438. The van der Waals surface area contributed by atoms with Gasteiger partial charge in [-0.05, 0) is 48.7 Å². The number of nitro groups is 1. The van der Waals surface area contributed by atoms with E-state index in [1.54, 1.807) is 18.2 Å². The van der Waals surface area contributed by atoms with Crippen molar-refractivity contribution in [2.45, 2.75) is 17.9 Å². The molecule has 0 radical (unpaired) electrons. The average Bonchev–Trinajstić information content (AvgIpc) is 2.77. The molecule has 1 amide bonds. The third-order valence-corrected chi connectivity index (χ3v) is 5.67. The van der Waals surface area contributed by atoms with E-state index in [1.165, 1.54) is 29.5 Å². The molecule has 0 bridgehead atoms. The highest BCUT2D eigenvalue weighted by Gasteiger charge is 2.22. The lowest BCUT2D eigenvalue weighted by Crippen LogP contribution is -2.36. The minimum absolute atomic E-state index is 0.0340. The van der Waals surface area contributed by atoms with E-state index in [4.69, 9.17) is 0 Å². The first kappa shape index (κ1) is 19.1. The molecule has 4 rings (SSSR count). The lowest BCUT2D eigenvalue weighted by Gasteiger charge is -2.29. The summed E-state index contributed by atoms with van der Waals surface area (Å²) in [7, 11) is 0. The van der Waals surface area contributed by atoms with Gasteiger partial charge in [-0.25, -0.2) is 0 Å². The first-order valence-electron chi connectivity index (χ1n) is 9.21. The van der Waals surface area contributed by atoms with E-state index in [-0.39, 0.29) is 11.6 Å². The number of carbonyl (C=O) groups excluding carboxylic acids is 1. The van der Waals surface area contributed by atoms with Crippen LogP contribution in [-0.4, -0.2) is 33.3 Å². The molecule has 29 heavy (non-hydrogen) atoms. The van der Waals surface area contributed by atoms with E-state index in [0.717, 1.165) is 30.6 Å².